The topological polar surface area (TPSA) is 74.2 Å². The number of imidazole rings is 1. The molecule has 6 nitrogen and oxygen atoms in total. The molecule has 9 heteroatoms. The Morgan fingerprint density at radius 3 is 2.21 bits per heavy atom. The number of hydrogen-bond donors (Lipinski definition) is 3. The standard InChI is InChI=1S/C25H34F3N5O/c1-22(2,3)14-24(7,8)32-20-18(23(4,5)6)31-19-15(13-29-33(19)20)21(34)30-17-12-10-9-11-16(17)25(26,27)28/h9-13,29,32H,14H2,1-8H3,(H,30,34). The van der Waals surface area contributed by atoms with Crippen LogP contribution in [0.25, 0.3) is 5.65 Å². The number of halogens is 3. The summed E-state index contributed by atoms with van der Waals surface area (Å²) in [5.74, 6) is 0.0559. The molecule has 3 N–H and O–H groups in total. The second kappa shape index (κ2) is 8.36. The third-order valence-corrected chi connectivity index (χ3v) is 5.32. The van der Waals surface area contributed by atoms with Crippen molar-refractivity contribution in [3.63, 3.8) is 0 Å². The zero-order chi connectivity index (χ0) is 25.7. The Bertz CT molecular complexity index is 1190. The van der Waals surface area contributed by atoms with Gasteiger partial charge in [-0.15, -0.1) is 0 Å². The first-order valence-corrected chi connectivity index (χ1v) is 11.3. The third kappa shape index (κ3) is 5.56. The maximum atomic E-state index is 13.4. The van der Waals surface area contributed by atoms with Crippen molar-refractivity contribution in [2.24, 2.45) is 5.41 Å². The zero-order valence-electron chi connectivity index (χ0n) is 21.0. The molecule has 0 spiro atoms. The van der Waals surface area contributed by atoms with E-state index in [1.807, 2.05) is 20.8 Å². The van der Waals surface area contributed by atoms with E-state index in [1.54, 1.807) is 4.52 Å². The minimum absolute atomic E-state index is 0.0782. The average Bonchev–Trinajstić information content (AvgIpc) is 3.19. The Morgan fingerprint density at radius 1 is 1.03 bits per heavy atom. The van der Waals surface area contributed by atoms with Crippen LogP contribution >= 0.6 is 0 Å². The summed E-state index contributed by atoms with van der Waals surface area (Å²) >= 11 is 0. The lowest BCUT2D eigenvalue weighted by Gasteiger charge is -2.34. The molecule has 0 fully saturated rings. The molecule has 0 aliphatic heterocycles. The van der Waals surface area contributed by atoms with E-state index in [4.69, 9.17) is 4.98 Å². The first-order valence-electron chi connectivity index (χ1n) is 11.3. The first kappa shape index (κ1) is 25.6. The highest BCUT2D eigenvalue weighted by Crippen LogP contribution is 2.37. The third-order valence-electron chi connectivity index (χ3n) is 5.32. The SMILES string of the molecule is CC(C)(C)CC(C)(C)Nc1c(C(C)(C)C)nc2c(C(=O)Nc3ccccc3C(F)(F)F)c[nH]n12. The van der Waals surface area contributed by atoms with E-state index in [-0.39, 0.29) is 27.6 Å². The molecule has 0 atom stereocenters. The number of nitrogens with zero attached hydrogens (tertiary/aromatic N) is 2. The van der Waals surface area contributed by atoms with Gasteiger partial charge < -0.3 is 10.6 Å². The maximum Gasteiger partial charge on any atom is 0.418 e. The second-order valence-electron chi connectivity index (χ2n) is 11.6. The summed E-state index contributed by atoms with van der Waals surface area (Å²) in [5, 5.41) is 9.05. The van der Waals surface area contributed by atoms with Gasteiger partial charge in [-0.2, -0.15) is 13.2 Å². The molecular weight excluding hydrogens is 443 g/mol. The highest BCUT2D eigenvalue weighted by molar-refractivity contribution is 6.08. The number of rotatable bonds is 5. The summed E-state index contributed by atoms with van der Waals surface area (Å²) in [6, 6.07) is 4.91. The van der Waals surface area contributed by atoms with E-state index >= 15 is 0 Å². The van der Waals surface area contributed by atoms with Gasteiger partial charge >= 0.3 is 6.18 Å². The Morgan fingerprint density at radius 2 is 1.65 bits per heavy atom. The number of carbonyl (C=O) groups excluding carboxylic acids is 1. The molecule has 0 unspecified atom stereocenters. The number of aromatic nitrogens is 3. The van der Waals surface area contributed by atoms with Gasteiger partial charge in [-0.1, -0.05) is 53.7 Å². The number of H-pyrrole nitrogens is 1. The molecule has 3 aromatic rings. The number of hydrogen-bond acceptors (Lipinski definition) is 3. The molecule has 2 aromatic heterocycles. The molecule has 0 aliphatic rings. The first-order chi connectivity index (χ1) is 15.4. The van der Waals surface area contributed by atoms with Crippen molar-refractivity contribution >= 4 is 23.1 Å². The Labute approximate surface area is 198 Å². The van der Waals surface area contributed by atoms with Crippen molar-refractivity contribution in [1.29, 1.82) is 0 Å². The van der Waals surface area contributed by atoms with E-state index in [0.717, 1.165) is 24.0 Å². The van der Waals surface area contributed by atoms with Crippen LogP contribution in [-0.2, 0) is 11.6 Å². The number of para-hydroxylation sites is 1. The molecule has 0 bridgehead atoms. The molecule has 0 aliphatic carbocycles. The molecule has 0 saturated heterocycles. The molecule has 0 radical (unpaired) electrons. The lowest BCUT2D eigenvalue weighted by molar-refractivity contribution is -0.136. The van der Waals surface area contributed by atoms with E-state index in [0.29, 0.717) is 5.65 Å². The second-order valence-corrected chi connectivity index (χ2v) is 11.6. The average molecular weight is 478 g/mol. The molecule has 3 rings (SSSR count). The van der Waals surface area contributed by atoms with Gasteiger partial charge in [-0.25, -0.2) is 9.50 Å². The summed E-state index contributed by atoms with van der Waals surface area (Å²) in [7, 11) is 0. The fraction of sp³-hybridized carbons (Fsp3) is 0.520. The molecule has 2 heterocycles. The Hall–Kier alpha value is -2.97. The van der Waals surface area contributed by atoms with Crippen LogP contribution in [0.5, 0.6) is 0 Å². The van der Waals surface area contributed by atoms with Gasteiger partial charge in [0.15, 0.2) is 11.5 Å². The predicted molar refractivity (Wildman–Crippen MR) is 129 cm³/mol. The minimum atomic E-state index is -4.58. The van der Waals surface area contributed by atoms with E-state index in [1.165, 1.54) is 24.4 Å². The number of anilines is 2. The number of aromatic amines is 1. The summed E-state index contributed by atoms with van der Waals surface area (Å²) < 4.78 is 41.8. The van der Waals surface area contributed by atoms with E-state index < -0.39 is 17.6 Å². The van der Waals surface area contributed by atoms with Gasteiger partial charge in [-0.05, 0) is 37.8 Å². The fourth-order valence-electron chi connectivity index (χ4n) is 4.45. The van der Waals surface area contributed by atoms with Crippen LogP contribution in [0.1, 0.15) is 83.4 Å². The van der Waals surface area contributed by atoms with Crippen LogP contribution in [0.15, 0.2) is 30.5 Å². The van der Waals surface area contributed by atoms with Crippen molar-refractivity contribution < 1.29 is 18.0 Å². The highest BCUT2D eigenvalue weighted by atomic mass is 19.4. The Balaban J connectivity index is 2.04. The van der Waals surface area contributed by atoms with Crippen LogP contribution in [0.4, 0.5) is 24.7 Å². The number of alkyl halides is 3. The molecule has 186 valence electrons. The van der Waals surface area contributed by atoms with Crippen molar-refractivity contribution in [3.8, 4) is 0 Å². The van der Waals surface area contributed by atoms with Gasteiger partial charge in [0, 0.05) is 17.2 Å². The lowest BCUT2D eigenvalue weighted by Crippen LogP contribution is -2.36. The smallest absolute Gasteiger partial charge is 0.364 e. The van der Waals surface area contributed by atoms with Gasteiger partial charge in [0.2, 0.25) is 0 Å². The monoisotopic (exact) mass is 477 g/mol. The van der Waals surface area contributed by atoms with Crippen molar-refractivity contribution in [1.82, 2.24) is 14.6 Å². The summed E-state index contributed by atoms with van der Waals surface area (Å²) in [4.78, 5) is 17.8. The largest absolute Gasteiger partial charge is 0.418 e. The van der Waals surface area contributed by atoms with Crippen LogP contribution in [0.3, 0.4) is 0 Å². The quantitative estimate of drug-likeness (QED) is 0.376. The summed E-state index contributed by atoms with van der Waals surface area (Å²) in [5.41, 5.74) is -0.492. The van der Waals surface area contributed by atoms with E-state index in [9.17, 15) is 18.0 Å². The highest BCUT2D eigenvalue weighted by Gasteiger charge is 2.35. The number of carbonyl (C=O) groups is 1. The summed E-state index contributed by atoms with van der Waals surface area (Å²) in [6.07, 6.45) is -2.25. The van der Waals surface area contributed by atoms with Crippen molar-refractivity contribution in [3.05, 3.63) is 47.3 Å². The van der Waals surface area contributed by atoms with Crippen LogP contribution in [0.2, 0.25) is 0 Å². The number of benzene rings is 1. The molecule has 0 saturated carbocycles. The Kier molecular flexibility index (Phi) is 6.30. The summed E-state index contributed by atoms with van der Waals surface area (Å²) in [6.45, 7) is 16.8. The number of amides is 1. The lowest BCUT2D eigenvalue weighted by atomic mass is 9.81. The normalized spacial score (nSPS) is 13.4. The number of nitrogens with one attached hydrogen (secondary N) is 3. The molecule has 34 heavy (non-hydrogen) atoms. The van der Waals surface area contributed by atoms with E-state index in [2.05, 4.69) is 50.4 Å². The van der Waals surface area contributed by atoms with Crippen LogP contribution < -0.4 is 10.6 Å². The number of fused-ring (bicyclic) bond motifs is 1. The van der Waals surface area contributed by atoms with Gasteiger partial charge in [0.25, 0.3) is 5.91 Å². The fourth-order valence-corrected chi connectivity index (χ4v) is 4.45. The minimum Gasteiger partial charge on any atom is -0.364 e. The molecular formula is C25H34F3N5O. The van der Waals surface area contributed by atoms with Crippen molar-refractivity contribution in [2.75, 3.05) is 10.6 Å². The van der Waals surface area contributed by atoms with Crippen LogP contribution in [0, 0.1) is 5.41 Å². The zero-order valence-corrected chi connectivity index (χ0v) is 21.0. The molecule has 1 amide bonds. The van der Waals surface area contributed by atoms with Gasteiger partial charge in [0.1, 0.15) is 5.56 Å². The predicted octanol–water partition coefficient (Wildman–Crippen LogP) is 6.86. The van der Waals surface area contributed by atoms with Gasteiger partial charge in [0.05, 0.1) is 16.9 Å². The molecule has 1 aromatic carbocycles. The van der Waals surface area contributed by atoms with Crippen molar-refractivity contribution in [2.45, 2.75) is 78.9 Å². The maximum absolute atomic E-state index is 13.4. The van der Waals surface area contributed by atoms with Crippen LogP contribution in [-0.4, -0.2) is 26.0 Å². The van der Waals surface area contributed by atoms with Gasteiger partial charge in [-0.3, -0.25) is 9.89 Å².